The van der Waals surface area contributed by atoms with E-state index in [4.69, 9.17) is 4.74 Å². The van der Waals surface area contributed by atoms with Gasteiger partial charge in [-0.15, -0.1) is 11.3 Å². The lowest BCUT2D eigenvalue weighted by Gasteiger charge is -2.63. The minimum absolute atomic E-state index is 0.0103. The summed E-state index contributed by atoms with van der Waals surface area (Å²) in [5.74, 6) is -1.40. The summed E-state index contributed by atoms with van der Waals surface area (Å²) in [6, 6.07) is 24.4. The van der Waals surface area contributed by atoms with E-state index in [9.17, 15) is 42.7 Å². The number of carbonyl (C=O) groups excluding carboxylic acids is 4. The summed E-state index contributed by atoms with van der Waals surface area (Å²) >= 11 is 1.57. The number of carbonyl (C=O) groups is 4. The Morgan fingerprint density at radius 3 is 2.26 bits per heavy atom. The van der Waals surface area contributed by atoms with Crippen LogP contribution in [0.25, 0.3) is 10.4 Å². The Kier molecular flexibility index (Phi) is 15.6. The summed E-state index contributed by atoms with van der Waals surface area (Å²) in [6.07, 6.45) is -4.22. The Balaban J connectivity index is 0.730. The molecule has 4 heterocycles. The zero-order chi connectivity index (χ0) is 55.1. The number of nitrogens with zero attached hydrogens (tertiary/aromatic N) is 6. The van der Waals surface area contributed by atoms with Gasteiger partial charge in [-0.05, 0) is 96.9 Å². The highest BCUT2D eigenvalue weighted by atomic mass is 32.1. The molecule has 0 radical (unpaired) electrons. The molecular formula is C59H67F3N8O6S. The van der Waals surface area contributed by atoms with Gasteiger partial charge in [0.05, 0.1) is 39.4 Å². The van der Waals surface area contributed by atoms with E-state index in [-0.39, 0.29) is 67.4 Å². The molecule has 3 fully saturated rings. The summed E-state index contributed by atoms with van der Waals surface area (Å²) in [4.78, 5) is 69.1. The van der Waals surface area contributed by atoms with Crippen LogP contribution in [-0.2, 0) is 35.3 Å². The molecule has 1 aliphatic carbocycles. The second kappa shape index (κ2) is 21.9. The van der Waals surface area contributed by atoms with E-state index in [1.807, 2.05) is 121 Å². The van der Waals surface area contributed by atoms with Gasteiger partial charge >= 0.3 is 6.18 Å². The molecule has 14 nitrogen and oxygen atoms in total. The average molecular weight is 1070 g/mol. The Morgan fingerprint density at radius 1 is 0.935 bits per heavy atom. The molecular weight excluding hydrogens is 1010 g/mol. The van der Waals surface area contributed by atoms with E-state index in [1.165, 1.54) is 11.0 Å². The Hall–Kier alpha value is -6.81. The van der Waals surface area contributed by atoms with Crippen LogP contribution in [-0.4, -0.2) is 118 Å². The second-order valence-electron chi connectivity index (χ2n) is 22.5. The number of aliphatic hydroxyl groups is 1. The number of nitrogens with one attached hydrogen (secondary N) is 2. The summed E-state index contributed by atoms with van der Waals surface area (Å²) < 4.78 is 47.1. The summed E-state index contributed by atoms with van der Waals surface area (Å²) in [6.45, 7) is 18.1. The largest absolute Gasteiger partial charge is 0.489 e. The lowest BCUT2D eigenvalue weighted by atomic mass is 9.49. The van der Waals surface area contributed by atoms with E-state index in [2.05, 4.69) is 25.4 Å². The van der Waals surface area contributed by atoms with Gasteiger partial charge in [-0.25, -0.2) is 4.98 Å². The first-order valence-electron chi connectivity index (χ1n) is 26.4. The summed E-state index contributed by atoms with van der Waals surface area (Å²) in [7, 11) is 0. The van der Waals surface area contributed by atoms with Gasteiger partial charge in [-0.1, -0.05) is 84.0 Å². The van der Waals surface area contributed by atoms with Crippen LogP contribution in [0.1, 0.15) is 109 Å². The number of alkyl halides is 3. The van der Waals surface area contributed by atoms with Crippen LogP contribution in [0.5, 0.6) is 5.75 Å². The van der Waals surface area contributed by atoms with Gasteiger partial charge in [0, 0.05) is 85.9 Å². The van der Waals surface area contributed by atoms with Crippen LogP contribution in [0.4, 0.5) is 18.9 Å². The van der Waals surface area contributed by atoms with Gasteiger partial charge in [-0.3, -0.25) is 24.1 Å². The summed E-state index contributed by atoms with van der Waals surface area (Å²) in [5, 5.41) is 26.1. The number of benzene rings is 4. The number of hydrogen-bond acceptors (Lipinski definition) is 11. The van der Waals surface area contributed by atoms with Crippen LogP contribution in [0, 0.1) is 35.0 Å². The predicted molar refractivity (Wildman–Crippen MR) is 288 cm³/mol. The van der Waals surface area contributed by atoms with Gasteiger partial charge < -0.3 is 35.2 Å². The van der Waals surface area contributed by atoms with E-state index >= 15 is 0 Å². The smallest absolute Gasteiger partial charge is 0.417 e. The molecule has 4 aromatic carbocycles. The number of likely N-dealkylation sites (tertiary alicyclic amines) is 1. The maximum Gasteiger partial charge on any atom is 0.417 e. The average Bonchev–Trinajstić information content (AvgIpc) is 4.19. The topological polar surface area (TPSA) is 171 Å². The number of rotatable bonds is 16. The maximum atomic E-state index is 14.5. The van der Waals surface area contributed by atoms with Crippen molar-refractivity contribution in [1.82, 2.24) is 30.3 Å². The molecule has 1 unspecified atom stereocenters. The van der Waals surface area contributed by atoms with Crippen LogP contribution < -0.4 is 20.3 Å². The number of amides is 4. The standard InChI is InChI=1S/C59H67F3N8O6S/c1-35(2)49(54(75)69-33-44(71)28-48(69)52(73)64-31-38-12-14-39(15-13-38)50-36(3)65-34-77-50)70-32-42-18-20-43(27-46(42)53(70)74)68-25-23-67(24-26-68)22-8-9-37-10-16-40(17-11-37)51(72)66-55-57(4,5)56(58(55,6)7)76-45-21-19-41(30-63)47(29-45)59(60,61)62/h10-21,27,29,34-35,44,48-49,55-56,71H,8-9,22-26,28,31-33H2,1-7H3,(H,64,73)(H,66,72)/t44-,48+,49?,55?,56?/m1/s1. The van der Waals surface area contributed by atoms with Crippen LogP contribution in [0.15, 0.2) is 90.4 Å². The van der Waals surface area contributed by atoms with Crippen molar-refractivity contribution in [1.29, 1.82) is 5.26 Å². The molecule has 3 aliphatic heterocycles. The number of aliphatic hydroxyl groups excluding tert-OH is 1. The van der Waals surface area contributed by atoms with E-state index < -0.39 is 52.4 Å². The van der Waals surface area contributed by atoms with Gasteiger partial charge in [0.15, 0.2) is 0 Å². The number of nitriles is 1. The Labute approximate surface area is 452 Å². The number of ether oxygens (including phenoxy) is 1. The first-order valence-corrected chi connectivity index (χ1v) is 27.3. The first-order chi connectivity index (χ1) is 36.5. The quantitative estimate of drug-likeness (QED) is 0.0869. The predicted octanol–water partition coefficient (Wildman–Crippen LogP) is 8.63. The molecule has 4 amide bonds. The monoisotopic (exact) mass is 1070 g/mol. The molecule has 0 bridgehead atoms. The number of halogens is 3. The molecule has 5 aromatic rings. The van der Waals surface area contributed by atoms with Crippen molar-refractivity contribution in [3.8, 4) is 22.3 Å². The van der Waals surface area contributed by atoms with Crippen molar-refractivity contribution < 1.29 is 42.2 Å². The zero-order valence-corrected chi connectivity index (χ0v) is 45.4. The highest BCUT2D eigenvalue weighted by Crippen LogP contribution is 2.56. The normalized spacial score (nSPS) is 21.3. The molecule has 1 aromatic heterocycles. The third kappa shape index (κ3) is 11.3. The molecule has 4 aliphatic rings. The number of hydrogen-bond donors (Lipinski definition) is 3. The highest BCUT2D eigenvalue weighted by Gasteiger charge is 2.64. The lowest BCUT2D eigenvalue weighted by Crippen LogP contribution is -2.74. The minimum Gasteiger partial charge on any atom is -0.489 e. The van der Waals surface area contributed by atoms with Crippen molar-refractivity contribution in [2.75, 3.05) is 44.2 Å². The van der Waals surface area contributed by atoms with Gasteiger partial charge in [-0.2, -0.15) is 18.4 Å². The number of thiazole rings is 1. The number of aryl methyl sites for hydroxylation is 2. The fourth-order valence-corrected chi connectivity index (χ4v) is 13.1. The third-order valence-electron chi connectivity index (χ3n) is 16.1. The van der Waals surface area contributed by atoms with E-state index in [0.29, 0.717) is 11.1 Å². The first kappa shape index (κ1) is 55.0. The van der Waals surface area contributed by atoms with Gasteiger partial charge in [0.2, 0.25) is 11.8 Å². The molecule has 1 saturated carbocycles. The molecule has 18 heteroatoms. The fourth-order valence-electron chi connectivity index (χ4n) is 12.3. The van der Waals surface area contributed by atoms with Gasteiger partial charge in [0.1, 0.15) is 23.9 Å². The van der Waals surface area contributed by atoms with E-state index in [0.717, 1.165) is 96.2 Å². The molecule has 406 valence electrons. The lowest BCUT2D eigenvalue weighted by molar-refractivity contribution is -0.164. The number of β-amino-alcohol motifs (C(OH)–C–C–N with tert-alkyl or cyclic N) is 1. The molecule has 3 atom stereocenters. The number of anilines is 1. The number of fused-ring (bicyclic) bond motifs is 1. The van der Waals surface area contributed by atoms with Gasteiger partial charge in [0.25, 0.3) is 11.8 Å². The SMILES string of the molecule is Cc1ncsc1-c1ccc(CNC(=O)[C@@H]2C[C@@H](O)CN2C(=O)C(C(C)C)N2Cc3ccc(N4CCN(CCCc5ccc(C(=O)NC6C(C)(C)C(Oc7ccc(C#N)c(C(F)(F)F)c7)C6(C)C)cc5)CC4)cc3C2=O)cc1. The number of aromatic nitrogens is 1. The maximum absolute atomic E-state index is 14.5. The van der Waals surface area contributed by atoms with Crippen molar-refractivity contribution in [3.63, 3.8) is 0 Å². The van der Waals surface area contributed by atoms with E-state index in [1.54, 1.807) is 22.3 Å². The van der Waals surface area contributed by atoms with Crippen LogP contribution in [0.3, 0.4) is 0 Å². The molecule has 77 heavy (non-hydrogen) atoms. The van der Waals surface area contributed by atoms with Crippen molar-refractivity contribution in [2.45, 2.75) is 117 Å². The molecule has 3 N–H and O–H groups in total. The molecule has 0 spiro atoms. The second-order valence-corrected chi connectivity index (χ2v) is 23.4. The Morgan fingerprint density at radius 2 is 1.62 bits per heavy atom. The van der Waals surface area contributed by atoms with Crippen LogP contribution in [0.2, 0.25) is 0 Å². The number of piperazine rings is 1. The fraction of sp³-hybridized carbons (Fsp3) is 0.458. The van der Waals surface area contributed by atoms with Crippen molar-refractivity contribution in [3.05, 3.63) is 135 Å². The van der Waals surface area contributed by atoms with Crippen molar-refractivity contribution in [2.24, 2.45) is 16.7 Å². The zero-order valence-electron chi connectivity index (χ0n) is 44.6. The third-order valence-corrected chi connectivity index (χ3v) is 17.1. The highest BCUT2D eigenvalue weighted by molar-refractivity contribution is 7.13. The minimum atomic E-state index is -4.71. The Bertz CT molecular complexity index is 3040. The summed E-state index contributed by atoms with van der Waals surface area (Å²) in [5.41, 5.74) is 5.96. The molecule has 2 saturated heterocycles. The van der Waals surface area contributed by atoms with Crippen LogP contribution >= 0.6 is 11.3 Å². The molecule has 9 rings (SSSR count). The van der Waals surface area contributed by atoms with Crippen molar-refractivity contribution >= 4 is 40.7 Å².